The van der Waals surface area contributed by atoms with Crippen LogP contribution < -0.4 is 10.3 Å². The van der Waals surface area contributed by atoms with E-state index in [1.54, 1.807) is 19.3 Å². The molecular weight excluding hydrogens is 397 g/mol. The number of para-hydroxylation sites is 1. The van der Waals surface area contributed by atoms with Crippen molar-refractivity contribution in [2.24, 2.45) is 7.05 Å². The number of hydrogen-bond donors (Lipinski definition) is 1. The number of aryl methyl sites for hydroxylation is 1. The van der Waals surface area contributed by atoms with Crippen LogP contribution in [-0.4, -0.2) is 27.7 Å². The first-order valence-electron chi connectivity index (χ1n) is 10.2. The van der Waals surface area contributed by atoms with Crippen LogP contribution in [0.1, 0.15) is 18.7 Å². The van der Waals surface area contributed by atoms with Crippen LogP contribution >= 0.6 is 0 Å². The molecule has 0 radical (unpaired) electrons. The lowest BCUT2D eigenvalue weighted by atomic mass is 9.96. The number of nitrogens with one attached hydrogen (secondary N) is 1. The van der Waals surface area contributed by atoms with Crippen LogP contribution in [0.4, 0.5) is 4.39 Å². The molecule has 2 aromatic heterocycles. The number of alkyl halides is 1. The highest BCUT2D eigenvalue weighted by Crippen LogP contribution is 2.41. The number of hydrogen-bond acceptors (Lipinski definition) is 4. The molecule has 4 aromatic rings. The molecule has 7 heteroatoms. The van der Waals surface area contributed by atoms with Crippen LogP contribution in [0.3, 0.4) is 0 Å². The first-order chi connectivity index (χ1) is 15.0. The summed E-state index contributed by atoms with van der Waals surface area (Å²) < 4.78 is 28.7. The number of halogens is 1. The van der Waals surface area contributed by atoms with Crippen LogP contribution in [0.15, 0.2) is 65.6 Å². The second-order valence-corrected chi connectivity index (χ2v) is 7.78. The lowest BCUT2D eigenvalue weighted by Gasteiger charge is -2.27. The number of fused-ring (bicyclic) bond motifs is 1. The summed E-state index contributed by atoms with van der Waals surface area (Å²) in [6.07, 6.45) is 2.27. The molecule has 1 aliphatic heterocycles. The van der Waals surface area contributed by atoms with Crippen LogP contribution in [0, 0.1) is 0 Å². The Morgan fingerprint density at radius 2 is 1.87 bits per heavy atom. The Balaban J connectivity index is 1.69. The van der Waals surface area contributed by atoms with Crippen molar-refractivity contribution in [1.29, 1.82) is 0 Å². The van der Waals surface area contributed by atoms with E-state index < -0.39 is 5.67 Å². The van der Waals surface area contributed by atoms with Crippen molar-refractivity contribution in [2.75, 3.05) is 13.2 Å². The van der Waals surface area contributed by atoms with Gasteiger partial charge >= 0.3 is 0 Å². The highest BCUT2D eigenvalue weighted by Gasteiger charge is 2.38. The molecule has 0 saturated carbocycles. The summed E-state index contributed by atoms with van der Waals surface area (Å²) in [6, 6.07) is 16.4. The molecule has 6 nitrogen and oxygen atoms in total. The monoisotopic (exact) mass is 419 g/mol. The third kappa shape index (κ3) is 3.61. The van der Waals surface area contributed by atoms with Gasteiger partial charge in [-0.05, 0) is 30.3 Å². The molecule has 1 saturated heterocycles. The van der Waals surface area contributed by atoms with Crippen LogP contribution in [0.2, 0.25) is 0 Å². The van der Waals surface area contributed by atoms with Crippen molar-refractivity contribution in [3.63, 3.8) is 0 Å². The average Bonchev–Trinajstić information content (AvgIpc) is 3.23. The van der Waals surface area contributed by atoms with E-state index >= 15 is 4.39 Å². The number of nitrogens with zero attached hydrogens (tertiary/aromatic N) is 2. The van der Waals surface area contributed by atoms with Crippen molar-refractivity contribution >= 4 is 11.0 Å². The Morgan fingerprint density at radius 1 is 1.10 bits per heavy atom. The number of ether oxygens (including phenoxy) is 2. The smallest absolute Gasteiger partial charge is 0.250 e. The van der Waals surface area contributed by atoms with E-state index in [9.17, 15) is 4.79 Å². The Bertz CT molecular complexity index is 1290. The minimum absolute atomic E-state index is 0.101. The number of imidazole rings is 1. The van der Waals surface area contributed by atoms with Gasteiger partial charge in [-0.25, -0.2) is 9.37 Å². The largest absolute Gasteiger partial charge is 0.454 e. The molecule has 0 spiro atoms. The summed E-state index contributed by atoms with van der Waals surface area (Å²) in [4.78, 5) is 19.7. The molecule has 0 unspecified atom stereocenters. The fourth-order valence-corrected chi connectivity index (χ4v) is 3.88. The summed E-state index contributed by atoms with van der Waals surface area (Å²) in [5.41, 5.74) is 1.16. The molecule has 158 valence electrons. The van der Waals surface area contributed by atoms with Gasteiger partial charge in [-0.1, -0.05) is 18.2 Å². The normalized spacial score (nSPS) is 15.8. The number of pyridine rings is 1. The van der Waals surface area contributed by atoms with Gasteiger partial charge in [-0.2, -0.15) is 0 Å². The van der Waals surface area contributed by atoms with Crippen molar-refractivity contribution < 1.29 is 13.9 Å². The van der Waals surface area contributed by atoms with Gasteiger partial charge in [0.1, 0.15) is 17.1 Å². The number of H-pyrrole nitrogens is 1. The third-order valence-corrected chi connectivity index (χ3v) is 5.68. The molecule has 0 aliphatic carbocycles. The Morgan fingerprint density at radius 3 is 2.61 bits per heavy atom. The molecule has 3 heterocycles. The second-order valence-electron chi connectivity index (χ2n) is 7.78. The van der Waals surface area contributed by atoms with Crippen LogP contribution in [0.5, 0.6) is 11.5 Å². The summed E-state index contributed by atoms with van der Waals surface area (Å²) in [5.74, 6) is 1.45. The minimum atomic E-state index is -1.56. The van der Waals surface area contributed by atoms with Crippen molar-refractivity contribution in [1.82, 2.24) is 14.5 Å². The van der Waals surface area contributed by atoms with E-state index in [-0.39, 0.29) is 18.4 Å². The fraction of sp³-hybridized carbons (Fsp3) is 0.250. The Hall–Kier alpha value is -3.45. The van der Waals surface area contributed by atoms with E-state index in [4.69, 9.17) is 9.47 Å². The van der Waals surface area contributed by atoms with E-state index in [0.717, 1.165) is 11.1 Å². The van der Waals surface area contributed by atoms with Gasteiger partial charge in [0, 0.05) is 43.3 Å². The molecule has 0 atom stereocenters. The quantitative estimate of drug-likeness (QED) is 0.521. The maximum Gasteiger partial charge on any atom is 0.250 e. The molecule has 0 amide bonds. The molecular formula is C24H22FN3O3. The highest BCUT2D eigenvalue weighted by molar-refractivity contribution is 5.91. The second kappa shape index (κ2) is 7.67. The standard InChI is InChI=1S/C24H22FN3O3/c1-28-15-16(7-10-20(28)29)18-8-9-19-21(22(18)31-17-5-3-2-4-6-17)27-23(26-19)24(25)11-13-30-14-12-24/h2-10,15H,11-14H2,1H3,(H,26,27). The van der Waals surface area contributed by atoms with Gasteiger partial charge in [-0.3, -0.25) is 4.79 Å². The van der Waals surface area contributed by atoms with Crippen LogP contribution in [0.25, 0.3) is 22.2 Å². The van der Waals surface area contributed by atoms with E-state index in [0.29, 0.717) is 41.6 Å². The van der Waals surface area contributed by atoms with Crippen LogP contribution in [-0.2, 0) is 17.5 Å². The van der Waals surface area contributed by atoms with Gasteiger partial charge in [0.05, 0.1) is 18.7 Å². The molecule has 2 aromatic carbocycles. The molecule has 31 heavy (non-hydrogen) atoms. The molecule has 1 N–H and O–H groups in total. The summed E-state index contributed by atoms with van der Waals surface area (Å²) in [6.45, 7) is 0.731. The first-order valence-corrected chi connectivity index (χ1v) is 10.2. The lowest BCUT2D eigenvalue weighted by Crippen LogP contribution is -2.30. The third-order valence-electron chi connectivity index (χ3n) is 5.68. The average molecular weight is 419 g/mol. The van der Waals surface area contributed by atoms with Gasteiger partial charge < -0.3 is 19.0 Å². The summed E-state index contributed by atoms with van der Waals surface area (Å²) >= 11 is 0. The lowest BCUT2D eigenvalue weighted by molar-refractivity contribution is -0.0158. The maximum atomic E-state index is 15.6. The molecule has 1 aliphatic rings. The maximum absolute atomic E-state index is 15.6. The zero-order valence-corrected chi connectivity index (χ0v) is 17.1. The predicted molar refractivity (Wildman–Crippen MR) is 116 cm³/mol. The summed E-state index contributed by atoms with van der Waals surface area (Å²) in [7, 11) is 1.70. The van der Waals surface area contributed by atoms with E-state index in [2.05, 4.69) is 9.97 Å². The van der Waals surface area contributed by atoms with Gasteiger partial charge in [0.2, 0.25) is 5.56 Å². The highest BCUT2D eigenvalue weighted by atomic mass is 19.1. The first kappa shape index (κ1) is 19.5. The fourth-order valence-electron chi connectivity index (χ4n) is 3.88. The summed E-state index contributed by atoms with van der Waals surface area (Å²) in [5, 5.41) is 0. The predicted octanol–water partition coefficient (Wildman–Crippen LogP) is 4.70. The number of benzene rings is 2. The topological polar surface area (TPSA) is 69.1 Å². The molecule has 5 rings (SSSR count). The Kier molecular flexibility index (Phi) is 4.82. The zero-order chi connectivity index (χ0) is 21.4. The van der Waals surface area contributed by atoms with E-state index in [1.165, 1.54) is 10.6 Å². The number of aromatic amines is 1. The zero-order valence-electron chi connectivity index (χ0n) is 17.1. The number of aromatic nitrogens is 3. The van der Waals surface area contributed by atoms with Crippen molar-refractivity contribution in [3.05, 3.63) is 77.0 Å². The van der Waals surface area contributed by atoms with Gasteiger partial charge in [-0.15, -0.1) is 0 Å². The van der Waals surface area contributed by atoms with Crippen molar-refractivity contribution in [2.45, 2.75) is 18.5 Å². The minimum Gasteiger partial charge on any atom is -0.454 e. The van der Waals surface area contributed by atoms with Gasteiger partial charge in [0.25, 0.3) is 0 Å². The molecule has 0 bridgehead atoms. The number of rotatable bonds is 4. The van der Waals surface area contributed by atoms with Crippen molar-refractivity contribution in [3.8, 4) is 22.6 Å². The Labute approximate surface area is 178 Å². The van der Waals surface area contributed by atoms with E-state index in [1.807, 2.05) is 42.5 Å². The SMILES string of the molecule is Cn1cc(-c2ccc3[nH]c(C4(F)CCOCC4)nc3c2Oc2ccccc2)ccc1=O. The molecule has 1 fully saturated rings. The van der Waals surface area contributed by atoms with Gasteiger partial charge in [0.15, 0.2) is 11.4 Å².